The first-order valence-corrected chi connectivity index (χ1v) is 7.77. The van der Waals surface area contributed by atoms with Gasteiger partial charge in [-0.15, -0.1) is 0 Å². The Hall–Kier alpha value is -0.830. The van der Waals surface area contributed by atoms with Gasteiger partial charge in [0.25, 0.3) is 5.91 Å². The third kappa shape index (κ3) is 3.02. The lowest BCUT2D eigenvalue weighted by Crippen LogP contribution is -2.54. The number of carboxylic acid groups (broad SMARTS) is 1. The van der Waals surface area contributed by atoms with E-state index >= 15 is 0 Å². The molecular formula is C12H11FINO3S. The quantitative estimate of drug-likeness (QED) is 0.770. The molecule has 0 spiro atoms. The van der Waals surface area contributed by atoms with Gasteiger partial charge in [0, 0.05) is 9.32 Å². The summed E-state index contributed by atoms with van der Waals surface area (Å²) in [7, 11) is 0. The standard InChI is InChI=1S/C12H11FINO3S/c13-7-1-2-8(9(14)5-7)10(16)15-12(11(17)18)3-4-19-6-12/h1-2,5H,3-4,6H2,(H,15,16)(H,17,18). The van der Waals surface area contributed by atoms with Gasteiger partial charge in [0.15, 0.2) is 0 Å². The number of carbonyl (C=O) groups is 2. The number of carboxylic acids is 1. The lowest BCUT2D eigenvalue weighted by atomic mass is 9.98. The second-order valence-corrected chi connectivity index (χ2v) is 6.54. The van der Waals surface area contributed by atoms with Gasteiger partial charge in [-0.1, -0.05) is 0 Å². The number of aliphatic carboxylic acids is 1. The van der Waals surface area contributed by atoms with E-state index in [2.05, 4.69) is 5.32 Å². The van der Waals surface area contributed by atoms with Crippen LogP contribution in [0.1, 0.15) is 16.8 Å². The molecule has 1 aliphatic rings. The summed E-state index contributed by atoms with van der Waals surface area (Å²) in [6.07, 6.45) is 0.399. The first-order chi connectivity index (χ1) is 8.94. The molecule has 1 heterocycles. The van der Waals surface area contributed by atoms with Crippen molar-refractivity contribution >= 4 is 46.2 Å². The van der Waals surface area contributed by atoms with Crippen molar-refractivity contribution in [2.24, 2.45) is 0 Å². The zero-order valence-corrected chi connectivity index (χ0v) is 12.8. The monoisotopic (exact) mass is 395 g/mol. The molecule has 0 aliphatic carbocycles. The van der Waals surface area contributed by atoms with E-state index in [1.165, 1.54) is 30.0 Å². The predicted molar refractivity (Wildman–Crippen MR) is 78.9 cm³/mol. The molecule has 1 atom stereocenters. The molecule has 1 saturated heterocycles. The molecule has 1 fully saturated rings. The molecule has 1 aromatic carbocycles. The number of nitrogens with one attached hydrogen (secondary N) is 1. The molecule has 0 bridgehead atoms. The zero-order valence-electron chi connectivity index (χ0n) is 9.78. The van der Waals surface area contributed by atoms with Gasteiger partial charge in [-0.2, -0.15) is 11.8 Å². The summed E-state index contributed by atoms with van der Waals surface area (Å²) in [4.78, 5) is 23.5. The van der Waals surface area contributed by atoms with Crippen LogP contribution in [0.3, 0.4) is 0 Å². The van der Waals surface area contributed by atoms with Crippen molar-refractivity contribution in [3.05, 3.63) is 33.1 Å². The fraction of sp³-hybridized carbons (Fsp3) is 0.333. The highest BCUT2D eigenvalue weighted by Gasteiger charge is 2.43. The maximum Gasteiger partial charge on any atom is 0.330 e. The Bertz CT molecular complexity index is 532. The molecular weight excluding hydrogens is 384 g/mol. The summed E-state index contributed by atoms with van der Waals surface area (Å²) in [6, 6.07) is 3.80. The number of carbonyl (C=O) groups excluding carboxylic acids is 1. The highest BCUT2D eigenvalue weighted by atomic mass is 127. The lowest BCUT2D eigenvalue weighted by Gasteiger charge is -2.24. The van der Waals surface area contributed by atoms with Gasteiger partial charge in [0.2, 0.25) is 0 Å². The summed E-state index contributed by atoms with van der Waals surface area (Å²) >= 11 is 3.35. The van der Waals surface area contributed by atoms with E-state index in [9.17, 15) is 19.1 Å². The van der Waals surface area contributed by atoms with Gasteiger partial charge in [0.1, 0.15) is 11.4 Å². The highest BCUT2D eigenvalue weighted by Crippen LogP contribution is 2.29. The van der Waals surface area contributed by atoms with Gasteiger partial charge in [-0.3, -0.25) is 4.79 Å². The van der Waals surface area contributed by atoms with E-state index in [1.54, 1.807) is 0 Å². The van der Waals surface area contributed by atoms with E-state index in [0.29, 0.717) is 27.1 Å². The van der Waals surface area contributed by atoms with Gasteiger partial charge in [-0.25, -0.2) is 9.18 Å². The Morgan fingerprint density at radius 3 is 2.74 bits per heavy atom. The molecule has 0 aromatic heterocycles. The first kappa shape index (κ1) is 14.6. The highest BCUT2D eigenvalue weighted by molar-refractivity contribution is 14.1. The fourth-order valence-corrected chi connectivity index (χ4v) is 3.89. The van der Waals surface area contributed by atoms with Crippen LogP contribution in [-0.2, 0) is 4.79 Å². The number of thioether (sulfide) groups is 1. The van der Waals surface area contributed by atoms with E-state index < -0.39 is 23.2 Å². The number of hydrogen-bond acceptors (Lipinski definition) is 3. The molecule has 1 amide bonds. The SMILES string of the molecule is O=C(NC1(C(=O)O)CCSC1)c1ccc(F)cc1I. The van der Waals surface area contributed by atoms with Crippen LogP contribution in [0.2, 0.25) is 0 Å². The van der Waals surface area contributed by atoms with Crippen LogP contribution in [0.15, 0.2) is 18.2 Å². The van der Waals surface area contributed by atoms with E-state index in [4.69, 9.17) is 0 Å². The molecule has 102 valence electrons. The third-order valence-electron chi connectivity index (χ3n) is 2.96. The van der Waals surface area contributed by atoms with Crippen LogP contribution >= 0.6 is 34.4 Å². The minimum Gasteiger partial charge on any atom is -0.479 e. The Balaban J connectivity index is 2.22. The summed E-state index contributed by atoms with van der Waals surface area (Å²) < 4.78 is 13.4. The second-order valence-electron chi connectivity index (χ2n) is 4.27. The van der Waals surface area contributed by atoms with Crippen molar-refractivity contribution in [3.63, 3.8) is 0 Å². The van der Waals surface area contributed by atoms with Crippen LogP contribution in [0.4, 0.5) is 4.39 Å². The predicted octanol–water partition coefficient (Wildman–Crippen LogP) is 2.12. The Morgan fingerprint density at radius 2 is 2.21 bits per heavy atom. The van der Waals surface area contributed by atoms with Gasteiger partial charge in [-0.05, 0) is 53.0 Å². The maximum absolute atomic E-state index is 13.0. The first-order valence-electron chi connectivity index (χ1n) is 5.53. The molecule has 1 unspecified atom stereocenters. The van der Waals surface area contributed by atoms with Crippen molar-refractivity contribution in [3.8, 4) is 0 Å². The van der Waals surface area contributed by atoms with Crippen molar-refractivity contribution in [2.75, 3.05) is 11.5 Å². The summed E-state index contributed by atoms with van der Waals surface area (Å²) in [5.41, 5.74) is -0.918. The summed E-state index contributed by atoms with van der Waals surface area (Å²) in [5.74, 6) is -0.874. The van der Waals surface area contributed by atoms with Gasteiger partial charge < -0.3 is 10.4 Å². The number of benzene rings is 1. The third-order valence-corrected chi connectivity index (χ3v) is 5.04. The summed E-state index contributed by atoms with van der Waals surface area (Å²) in [6.45, 7) is 0. The molecule has 2 rings (SSSR count). The van der Waals surface area contributed by atoms with Crippen molar-refractivity contribution in [1.82, 2.24) is 5.32 Å². The van der Waals surface area contributed by atoms with Gasteiger partial charge >= 0.3 is 5.97 Å². The number of amides is 1. The Morgan fingerprint density at radius 1 is 1.47 bits per heavy atom. The molecule has 1 aliphatic heterocycles. The number of rotatable bonds is 3. The summed E-state index contributed by atoms with van der Waals surface area (Å²) in [5, 5.41) is 11.9. The normalized spacial score (nSPS) is 22.2. The van der Waals surface area contributed by atoms with Crippen LogP contribution in [0, 0.1) is 9.39 Å². The van der Waals surface area contributed by atoms with Crippen LogP contribution in [-0.4, -0.2) is 34.0 Å². The average Bonchev–Trinajstić information content (AvgIpc) is 2.78. The molecule has 0 saturated carbocycles. The average molecular weight is 395 g/mol. The molecule has 4 nitrogen and oxygen atoms in total. The van der Waals surface area contributed by atoms with Gasteiger partial charge in [0.05, 0.1) is 5.56 Å². The van der Waals surface area contributed by atoms with Crippen LogP contribution in [0.5, 0.6) is 0 Å². The number of hydrogen-bond donors (Lipinski definition) is 2. The minimum atomic E-state index is -1.21. The van der Waals surface area contributed by atoms with Crippen molar-refractivity contribution < 1.29 is 19.1 Å². The molecule has 7 heteroatoms. The minimum absolute atomic E-state index is 0.291. The Labute approximate surface area is 127 Å². The molecule has 1 aromatic rings. The van der Waals surface area contributed by atoms with E-state index in [1.807, 2.05) is 22.6 Å². The second kappa shape index (κ2) is 5.66. The molecule has 19 heavy (non-hydrogen) atoms. The van der Waals surface area contributed by atoms with Crippen molar-refractivity contribution in [1.29, 1.82) is 0 Å². The van der Waals surface area contributed by atoms with E-state index in [-0.39, 0.29) is 0 Å². The topological polar surface area (TPSA) is 66.4 Å². The lowest BCUT2D eigenvalue weighted by molar-refractivity contribution is -0.143. The van der Waals surface area contributed by atoms with Crippen LogP contribution < -0.4 is 5.32 Å². The largest absolute Gasteiger partial charge is 0.479 e. The smallest absolute Gasteiger partial charge is 0.330 e. The fourth-order valence-electron chi connectivity index (χ4n) is 1.84. The number of halogens is 2. The maximum atomic E-state index is 13.0. The van der Waals surface area contributed by atoms with Crippen molar-refractivity contribution in [2.45, 2.75) is 12.0 Å². The Kier molecular flexibility index (Phi) is 4.34. The molecule has 0 radical (unpaired) electrons. The van der Waals surface area contributed by atoms with E-state index in [0.717, 1.165) is 0 Å². The molecule has 2 N–H and O–H groups in total. The van der Waals surface area contributed by atoms with Crippen LogP contribution in [0.25, 0.3) is 0 Å². The zero-order chi connectivity index (χ0) is 14.0.